The first-order valence-corrected chi connectivity index (χ1v) is 11.6. The largest absolute Gasteiger partial charge is 0.462 e. The van der Waals surface area contributed by atoms with Crippen LogP contribution in [0.25, 0.3) is 33.1 Å². The van der Waals surface area contributed by atoms with Crippen molar-refractivity contribution in [2.24, 2.45) is 0 Å². The Morgan fingerprint density at radius 3 is 2.82 bits per heavy atom. The monoisotopic (exact) mass is 498 g/mol. The van der Waals surface area contributed by atoms with Gasteiger partial charge in [-0.3, -0.25) is 4.79 Å². The number of carbonyl (C=O) groups is 1. The molecule has 0 amide bonds. The summed E-state index contributed by atoms with van der Waals surface area (Å²) in [4.78, 5) is 35.4. The molecule has 0 atom stereocenters. The third kappa shape index (κ3) is 3.97. The topological polar surface area (TPSA) is 99.9 Å². The minimum atomic E-state index is -0.483. The first-order valence-electron chi connectivity index (χ1n) is 9.97. The van der Waals surface area contributed by atoms with E-state index in [4.69, 9.17) is 27.9 Å². The highest BCUT2D eigenvalue weighted by molar-refractivity contribution is 7.14. The number of anilines is 2. The molecule has 3 N–H and O–H groups in total. The number of pyridine rings is 1. The standard InChI is InChI=1S/C23H16Cl2N4O3S/c1-2-32-22(31)14-9-26-20-19(14)13-7-11(3-6-17(13)28-21(20)30)18-10-33-23(29-18)27-12-4-5-15(24)16(25)8-12/h3-10,26H,2H2,1H3,(H,27,29)(H,28,30). The molecule has 0 fully saturated rings. The fourth-order valence-corrected chi connectivity index (χ4v) is 4.66. The second-order valence-electron chi connectivity index (χ2n) is 7.18. The maximum atomic E-state index is 12.5. The first kappa shape index (κ1) is 21.5. The predicted molar refractivity (Wildman–Crippen MR) is 133 cm³/mol. The van der Waals surface area contributed by atoms with E-state index in [-0.39, 0.29) is 12.2 Å². The minimum absolute atomic E-state index is 0.241. The van der Waals surface area contributed by atoms with Gasteiger partial charge in [0, 0.05) is 39.1 Å². The van der Waals surface area contributed by atoms with Crippen molar-refractivity contribution in [3.63, 3.8) is 0 Å². The summed E-state index contributed by atoms with van der Waals surface area (Å²) in [5, 5.41) is 8.01. The van der Waals surface area contributed by atoms with Gasteiger partial charge in [0.05, 0.1) is 27.9 Å². The molecule has 5 aromatic rings. The Morgan fingerprint density at radius 2 is 2.03 bits per heavy atom. The van der Waals surface area contributed by atoms with Crippen molar-refractivity contribution in [1.29, 1.82) is 0 Å². The highest BCUT2D eigenvalue weighted by Gasteiger charge is 2.18. The molecule has 3 heterocycles. The van der Waals surface area contributed by atoms with E-state index in [1.165, 1.54) is 17.5 Å². The molecular weight excluding hydrogens is 483 g/mol. The Morgan fingerprint density at radius 1 is 1.18 bits per heavy atom. The van der Waals surface area contributed by atoms with E-state index in [2.05, 4.69) is 20.3 Å². The average molecular weight is 499 g/mol. The molecule has 5 rings (SSSR count). The molecule has 0 aliphatic heterocycles. The van der Waals surface area contributed by atoms with Gasteiger partial charge in [-0.15, -0.1) is 11.3 Å². The number of H-pyrrole nitrogens is 2. The third-order valence-corrected chi connectivity index (χ3v) is 6.61. The van der Waals surface area contributed by atoms with Crippen molar-refractivity contribution < 1.29 is 9.53 Å². The first-order chi connectivity index (χ1) is 15.9. The van der Waals surface area contributed by atoms with Gasteiger partial charge in [-0.1, -0.05) is 29.3 Å². The maximum absolute atomic E-state index is 12.5. The number of thiazole rings is 1. The van der Waals surface area contributed by atoms with Gasteiger partial charge in [-0.05, 0) is 37.3 Å². The Kier molecular flexibility index (Phi) is 5.57. The van der Waals surface area contributed by atoms with E-state index in [9.17, 15) is 9.59 Å². The zero-order chi connectivity index (χ0) is 23.1. The van der Waals surface area contributed by atoms with Gasteiger partial charge >= 0.3 is 5.97 Å². The number of halogens is 2. The van der Waals surface area contributed by atoms with Gasteiger partial charge in [-0.2, -0.15) is 0 Å². The number of benzene rings is 2. The van der Waals surface area contributed by atoms with Crippen molar-refractivity contribution in [3.8, 4) is 11.3 Å². The molecule has 0 spiro atoms. The van der Waals surface area contributed by atoms with Crippen LogP contribution in [0.4, 0.5) is 10.8 Å². The molecule has 10 heteroatoms. The minimum Gasteiger partial charge on any atom is -0.462 e. The summed E-state index contributed by atoms with van der Waals surface area (Å²) < 4.78 is 5.17. The summed E-state index contributed by atoms with van der Waals surface area (Å²) in [6.07, 6.45) is 1.51. The third-order valence-electron chi connectivity index (χ3n) is 5.11. The smallest absolute Gasteiger partial charge is 0.340 e. The van der Waals surface area contributed by atoms with Crippen molar-refractivity contribution in [2.45, 2.75) is 6.92 Å². The molecule has 0 unspecified atom stereocenters. The Balaban J connectivity index is 1.57. The van der Waals surface area contributed by atoms with Crippen LogP contribution >= 0.6 is 34.5 Å². The quantitative estimate of drug-likeness (QED) is 0.245. The van der Waals surface area contributed by atoms with Gasteiger partial charge in [-0.25, -0.2) is 9.78 Å². The molecule has 0 radical (unpaired) electrons. The summed E-state index contributed by atoms with van der Waals surface area (Å²) in [5.74, 6) is -0.483. The number of hydrogen-bond donors (Lipinski definition) is 3. The van der Waals surface area contributed by atoms with Crippen molar-refractivity contribution in [2.75, 3.05) is 11.9 Å². The second kappa shape index (κ2) is 8.55. The van der Waals surface area contributed by atoms with E-state index in [0.29, 0.717) is 37.2 Å². The number of rotatable bonds is 5. The Bertz CT molecular complexity index is 1590. The van der Waals surface area contributed by atoms with E-state index < -0.39 is 5.97 Å². The fourth-order valence-electron chi connectivity index (χ4n) is 3.62. The van der Waals surface area contributed by atoms with Crippen LogP contribution in [0, 0.1) is 0 Å². The molecule has 0 aliphatic carbocycles. The number of aromatic nitrogens is 3. The number of ether oxygens (including phenoxy) is 1. The zero-order valence-electron chi connectivity index (χ0n) is 17.2. The molecule has 3 aromatic heterocycles. The molecule has 0 saturated carbocycles. The molecule has 2 aromatic carbocycles. The SMILES string of the molecule is CCOC(=O)c1c[nH]c2c(=O)[nH]c3ccc(-c4csc(Nc5ccc(Cl)c(Cl)c5)n4)cc3c12. The molecular formula is C23H16Cl2N4O3S. The van der Waals surface area contributed by atoms with E-state index in [0.717, 1.165) is 22.3 Å². The van der Waals surface area contributed by atoms with Crippen LogP contribution < -0.4 is 10.9 Å². The Hall–Kier alpha value is -3.33. The molecule has 7 nitrogen and oxygen atoms in total. The highest BCUT2D eigenvalue weighted by Crippen LogP contribution is 2.33. The van der Waals surface area contributed by atoms with Crippen LogP contribution in [0.2, 0.25) is 10.0 Å². The lowest BCUT2D eigenvalue weighted by Gasteiger charge is -2.06. The molecule has 0 aliphatic rings. The van der Waals surface area contributed by atoms with Crippen molar-refractivity contribution >= 4 is 73.1 Å². The van der Waals surface area contributed by atoms with Gasteiger partial charge < -0.3 is 20.0 Å². The average Bonchev–Trinajstić information content (AvgIpc) is 3.44. The van der Waals surface area contributed by atoms with Crippen molar-refractivity contribution in [3.05, 3.63) is 73.9 Å². The number of aromatic amines is 2. The van der Waals surface area contributed by atoms with Crippen molar-refractivity contribution in [1.82, 2.24) is 15.0 Å². The summed E-state index contributed by atoms with van der Waals surface area (Å²) in [7, 11) is 0. The molecule has 166 valence electrons. The fraction of sp³-hybridized carbons (Fsp3) is 0.0870. The van der Waals surface area contributed by atoms with Gasteiger partial charge in [0.25, 0.3) is 5.56 Å². The van der Waals surface area contributed by atoms with E-state index in [1.807, 2.05) is 23.6 Å². The van der Waals surface area contributed by atoms with Crippen LogP contribution in [-0.4, -0.2) is 27.5 Å². The summed E-state index contributed by atoms with van der Waals surface area (Å²) in [6, 6.07) is 10.9. The van der Waals surface area contributed by atoms with Crippen LogP contribution in [0.15, 0.2) is 52.8 Å². The lowest BCUT2D eigenvalue weighted by atomic mass is 10.0. The number of hydrogen-bond acceptors (Lipinski definition) is 6. The maximum Gasteiger partial charge on any atom is 0.340 e. The number of fused-ring (bicyclic) bond motifs is 3. The zero-order valence-corrected chi connectivity index (χ0v) is 19.5. The van der Waals surface area contributed by atoms with Gasteiger partial charge in [0.2, 0.25) is 0 Å². The molecule has 33 heavy (non-hydrogen) atoms. The number of carbonyl (C=O) groups excluding carboxylic acids is 1. The van der Waals surface area contributed by atoms with Crippen LogP contribution in [0.3, 0.4) is 0 Å². The Labute approximate surface area is 201 Å². The highest BCUT2D eigenvalue weighted by atomic mass is 35.5. The van der Waals surface area contributed by atoms with Crippen LogP contribution in [-0.2, 0) is 4.74 Å². The summed E-state index contributed by atoms with van der Waals surface area (Å²) in [6.45, 7) is 1.98. The summed E-state index contributed by atoms with van der Waals surface area (Å²) >= 11 is 13.5. The number of nitrogens with zero attached hydrogens (tertiary/aromatic N) is 1. The lowest BCUT2D eigenvalue weighted by Crippen LogP contribution is -2.08. The second-order valence-corrected chi connectivity index (χ2v) is 8.85. The van der Waals surface area contributed by atoms with Crippen LogP contribution in [0.5, 0.6) is 0 Å². The molecule has 0 bridgehead atoms. The molecule has 0 saturated heterocycles. The summed E-state index contributed by atoms with van der Waals surface area (Å²) in [5.41, 5.74) is 3.31. The normalized spacial score (nSPS) is 11.2. The number of esters is 1. The number of nitrogens with one attached hydrogen (secondary N) is 3. The van der Waals surface area contributed by atoms with Gasteiger partial charge in [0.1, 0.15) is 5.52 Å². The van der Waals surface area contributed by atoms with E-state index >= 15 is 0 Å². The van der Waals surface area contributed by atoms with E-state index in [1.54, 1.807) is 25.1 Å². The predicted octanol–water partition coefficient (Wildman–Crippen LogP) is 6.36. The lowest BCUT2D eigenvalue weighted by molar-refractivity contribution is 0.0529. The van der Waals surface area contributed by atoms with Crippen LogP contribution in [0.1, 0.15) is 17.3 Å². The van der Waals surface area contributed by atoms with Gasteiger partial charge in [0.15, 0.2) is 5.13 Å².